The highest BCUT2D eigenvalue weighted by molar-refractivity contribution is 7.98. The predicted molar refractivity (Wildman–Crippen MR) is 91.3 cm³/mol. The molecule has 0 bridgehead atoms. The van der Waals surface area contributed by atoms with E-state index in [2.05, 4.69) is 36.8 Å². The summed E-state index contributed by atoms with van der Waals surface area (Å²) in [5.41, 5.74) is 5.87. The monoisotopic (exact) mass is 298 g/mol. The molecule has 0 N–H and O–H groups in total. The number of benzene rings is 1. The molecule has 0 aliphatic heterocycles. The quantitative estimate of drug-likeness (QED) is 0.726. The molecule has 2 aromatic rings. The Balaban J connectivity index is 2.20. The largest absolute Gasteiger partial charge is 0.318 e. The summed E-state index contributed by atoms with van der Waals surface area (Å²) in [6.07, 6.45) is 5.84. The van der Waals surface area contributed by atoms with Gasteiger partial charge in [-0.2, -0.15) is 17.0 Å². The van der Waals surface area contributed by atoms with Crippen LogP contribution in [0.15, 0.2) is 30.3 Å². The molecule has 1 aromatic heterocycles. The van der Waals surface area contributed by atoms with Gasteiger partial charge in [0.25, 0.3) is 0 Å². The van der Waals surface area contributed by atoms with E-state index in [1.165, 1.54) is 35.5 Å². The molecule has 110 valence electrons. The van der Waals surface area contributed by atoms with Gasteiger partial charge in [-0.15, -0.1) is 0 Å². The minimum atomic E-state index is 0.707. The molecule has 0 atom stereocenters. The van der Waals surface area contributed by atoms with Gasteiger partial charge in [0.15, 0.2) is 0 Å². The van der Waals surface area contributed by atoms with E-state index in [0.717, 1.165) is 12.1 Å². The van der Waals surface area contributed by atoms with Crippen molar-refractivity contribution < 1.29 is 0 Å². The van der Waals surface area contributed by atoms with Crippen LogP contribution in [0, 0.1) is 25.2 Å². The predicted octanol–water partition coefficient (Wildman–Crippen LogP) is 4.65. The molecule has 2 nitrogen and oxygen atoms in total. The molecule has 0 aliphatic carbocycles. The Morgan fingerprint density at radius 3 is 2.48 bits per heavy atom. The lowest BCUT2D eigenvalue weighted by molar-refractivity contribution is 0.795. The molecule has 2 rings (SSSR count). The highest BCUT2D eigenvalue weighted by atomic mass is 32.2. The molecule has 0 fully saturated rings. The normalized spacial score (nSPS) is 10.6. The highest BCUT2D eigenvalue weighted by Crippen LogP contribution is 2.22. The van der Waals surface area contributed by atoms with E-state index < -0.39 is 0 Å². The third kappa shape index (κ3) is 3.71. The Bertz CT molecular complexity index is 632. The molecule has 0 saturated heterocycles. The summed E-state index contributed by atoms with van der Waals surface area (Å²) in [4.78, 5) is 0. The number of aromatic nitrogens is 1. The molecule has 1 heterocycles. The molecule has 0 spiro atoms. The summed E-state index contributed by atoms with van der Waals surface area (Å²) >= 11 is 1.92. The lowest BCUT2D eigenvalue weighted by Gasteiger charge is -2.10. The van der Waals surface area contributed by atoms with E-state index >= 15 is 0 Å². The fraction of sp³-hybridized carbons (Fsp3) is 0.389. The van der Waals surface area contributed by atoms with Gasteiger partial charge in [-0.3, -0.25) is 0 Å². The maximum Gasteiger partial charge on any atom is 0.0991 e. The molecule has 21 heavy (non-hydrogen) atoms. The maximum absolute atomic E-state index is 8.89. The average Bonchev–Trinajstić information content (AvgIpc) is 2.78. The van der Waals surface area contributed by atoms with Crippen LogP contribution in [0.4, 0.5) is 0 Å². The van der Waals surface area contributed by atoms with E-state index in [0.29, 0.717) is 5.56 Å². The van der Waals surface area contributed by atoms with Gasteiger partial charge in [-0.25, -0.2) is 0 Å². The van der Waals surface area contributed by atoms with Crippen molar-refractivity contribution in [3.63, 3.8) is 0 Å². The van der Waals surface area contributed by atoms with Crippen LogP contribution in [0.2, 0.25) is 0 Å². The van der Waals surface area contributed by atoms with Crippen molar-refractivity contribution in [2.45, 2.75) is 33.1 Å². The fourth-order valence-corrected chi connectivity index (χ4v) is 3.22. The van der Waals surface area contributed by atoms with Crippen molar-refractivity contribution >= 4 is 11.8 Å². The zero-order valence-electron chi connectivity index (χ0n) is 13.0. The van der Waals surface area contributed by atoms with E-state index in [-0.39, 0.29) is 0 Å². The van der Waals surface area contributed by atoms with Crippen LogP contribution >= 0.6 is 11.8 Å². The summed E-state index contributed by atoms with van der Waals surface area (Å²) < 4.78 is 2.28. The second-order valence-corrected chi connectivity index (χ2v) is 6.33. The average molecular weight is 298 g/mol. The van der Waals surface area contributed by atoms with Crippen LogP contribution in [0.5, 0.6) is 0 Å². The van der Waals surface area contributed by atoms with Crippen LogP contribution in [0.1, 0.15) is 35.4 Å². The Morgan fingerprint density at radius 1 is 1.14 bits per heavy atom. The second-order valence-electron chi connectivity index (χ2n) is 5.34. The lowest BCUT2D eigenvalue weighted by Crippen LogP contribution is -1.99. The fourth-order valence-electron chi connectivity index (χ4n) is 2.73. The van der Waals surface area contributed by atoms with Gasteiger partial charge in [-0.1, -0.05) is 0 Å². The Kier molecular flexibility index (Phi) is 5.52. The van der Waals surface area contributed by atoms with Gasteiger partial charge >= 0.3 is 0 Å². The van der Waals surface area contributed by atoms with Gasteiger partial charge in [0, 0.05) is 17.1 Å². The summed E-state index contributed by atoms with van der Waals surface area (Å²) in [6, 6.07) is 12.3. The number of hydrogen-bond acceptors (Lipinski definition) is 2. The number of unbranched alkanes of at least 4 members (excludes halogenated alkanes) is 1. The summed E-state index contributed by atoms with van der Waals surface area (Å²) in [5.74, 6) is 1.24. The molecule has 0 aliphatic rings. The lowest BCUT2D eigenvalue weighted by atomic mass is 10.1. The van der Waals surface area contributed by atoms with Gasteiger partial charge < -0.3 is 4.57 Å². The van der Waals surface area contributed by atoms with Crippen molar-refractivity contribution in [1.29, 1.82) is 5.26 Å². The van der Waals surface area contributed by atoms with Crippen LogP contribution in [-0.2, 0) is 6.42 Å². The SMILES string of the molecule is CSCCCCc1cc(C)n(-c2ccc(C#N)cc2)c1C. The van der Waals surface area contributed by atoms with Crippen molar-refractivity contribution in [3.05, 3.63) is 52.8 Å². The highest BCUT2D eigenvalue weighted by Gasteiger charge is 2.10. The zero-order chi connectivity index (χ0) is 15.2. The number of aryl methyl sites for hydroxylation is 2. The number of thioether (sulfide) groups is 1. The maximum atomic E-state index is 8.89. The molecule has 0 saturated carbocycles. The third-order valence-electron chi connectivity index (χ3n) is 3.84. The third-order valence-corrected chi connectivity index (χ3v) is 4.53. The van der Waals surface area contributed by atoms with Crippen molar-refractivity contribution in [3.8, 4) is 11.8 Å². The number of rotatable bonds is 6. The summed E-state index contributed by atoms with van der Waals surface area (Å²) in [7, 11) is 0. The minimum Gasteiger partial charge on any atom is -0.318 e. The molecule has 3 heteroatoms. The first-order chi connectivity index (χ1) is 10.2. The number of nitrogens with zero attached hydrogens (tertiary/aromatic N) is 2. The van der Waals surface area contributed by atoms with Crippen LogP contribution in [0.25, 0.3) is 5.69 Å². The van der Waals surface area contributed by atoms with Crippen molar-refractivity contribution in [1.82, 2.24) is 4.57 Å². The molecule has 0 radical (unpaired) electrons. The molecular formula is C18H22N2S. The Hall–Kier alpha value is -1.66. The number of nitriles is 1. The molecule has 1 aromatic carbocycles. The van der Waals surface area contributed by atoms with E-state index in [4.69, 9.17) is 5.26 Å². The summed E-state index contributed by atoms with van der Waals surface area (Å²) in [6.45, 7) is 4.34. The second kappa shape index (κ2) is 7.38. The molecular weight excluding hydrogens is 276 g/mol. The van der Waals surface area contributed by atoms with Gasteiger partial charge in [0.05, 0.1) is 11.6 Å². The number of hydrogen-bond donors (Lipinski definition) is 0. The minimum absolute atomic E-state index is 0.707. The van der Waals surface area contributed by atoms with Gasteiger partial charge in [0.2, 0.25) is 0 Å². The van der Waals surface area contributed by atoms with E-state index in [1.54, 1.807) is 0 Å². The molecule has 0 unspecified atom stereocenters. The van der Waals surface area contributed by atoms with Crippen LogP contribution in [0.3, 0.4) is 0 Å². The standard InChI is InChI=1S/C18H22N2S/c1-14-12-17(6-4-5-11-21-3)15(2)20(14)18-9-7-16(13-19)8-10-18/h7-10,12H,4-6,11H2,1-3H3. The van der Waals surface area contributed by atoms with Crippen LogP contribution in [-0.4, -0.2) is 16.6 Å². The first-order valence-corrected chi connectivity index (χ1v) is 8.74. The van der Waals surface area contributed by atoms with Crippen molar-refractivity contribution in [2.24, 2.45) is 0 Å². The first-order valence-electron chi connectivity index (χ1n) is 7.34. The topological polar surface area (TPSA) is 28.7 Å². The van der Waals surface area contributed by atoms with E-state index in [9.17, 15) is 0 Å². The van der Waals surface area contributed by atoms with Gasteiger partial charge in [0.1, 0.15) is 0 Å². The zero-order valence-corrected chi connectivity index (χ0v) is 13.8. The summed E-state index contributed by atoms with van der Waals surface area (Å²) in [5, 5.41) is 8.89. The van der Waals surface area contributed by atoms with Crippen molar-refractivity contribution in [2.75, 3.05) is 12.0 Å². The first kappa shape index (κ1) is 15.7. The van der Waals surface area contributed by atoms with Gasteiger partial charge in [-0.05, 0) is 81.0 Å². The Morgan fingerprint density at radius 2 is 1.86 bits per heavy atom. The smallest absolute Gasteiger partial charge is 0.0991 e. The van der Waals surface area contributed by atoms with Crippen LogP contribution < -0.4 is 0 Å². The molecule has 0 amide bonds. The van der Waals surface area contributed by atoms with E-state index in [1.807, 2.05) is 36.0 Å². The Labute approximate surface area is 131 Å².